The molecule has 7 heteroatoms. The first-order chi connectivity index (χ1) is 13.8. The molecule has 1 unspecified atom stereocenters. The molecule has 0 bridgehead atoms. The Balaban J connectivity index is 1.25. The molecule has 1 amide bonds. The molecule has 1 aromatic carbocycles. The summed E-state index contributed by atoms with van der Waals surface area (Å²) in [6, 6.07) is 10.4. The Morgan fingerprint density at radius 2 is 1.86 bits per heavy atom. The first-order valence-corrected chi connectivity index (χ1v) is 10.0. The topological polar surface area (TPSA) is 70.6 Å². The number of carbonyl (C=O) groups excluding carboxylic acids is 1. The lowest BCUT2D eigenvalue weighted by Gasteiger charge is -2.34. The highest BCUT2D eigenvalue weighted by atomic mass is 16.5. The van der Waals surface area contributed by atoms with Gasteiger partial charge in [-0.3, -0.25) is 9.69 Å². The lowest BCUT2D eigenvalue weighted by Crippen LogP contribution is -2.48. The van der Waals surface area contributed by atoms with Gasteiger partial charge in [-0.25, -0.2) is 9.97 Å². The van der Waals surface area contributed by atoms with Gasteiger partial charge < -0.3 is 15.0 Å². The van der Waals surface area contributed by atoms with Crippen molar-refractivity contribution in [1.29, 1.82) is 0 Å². The van der Waals surface area contributed by atoms with Gasteiger partial charge in [-0.2, -0.15) is 0 Å². The van der Waals surface area contributed by atoms with Crippen molar-refractivity contribution in [2.75, 3.05) is 44.6 Å². The first kappa shape index (κ1) is 18.8. The van der Waals surface area contributed by atoms with Crippen LogP contribution in [0.5, 0.6) is 0 Å². The number of benzene rings is 1. The largest absolute Gasteiger partial charge is 0.376 e. The molecule has 2 aromatic rings. The van der Waals surface area contributed by atoms with E-state index in [1.807, 2.05) is 11.0 Å². The highest BCUT2D eigenvalue weighted by molar-refractivity contribution is 5.93. The molecular weight excluding hydrogens is 354 g/mol. The number of aromatic nitrogens is 2. The third kappa shape index (κ3) is 4.85. The van der Waals surface area contributed by atoms with Crippen LogP contribution in [0.15, 0.2) is 42.7 Å². The van der Waals surface area contributed by atoms with E-state index in [1.165, 1.54) is 5.56 Å². The van der Waals surface area contributed by atoms with Gasteiger partial charge in [-0.15, -0.1) is 0 Å². The molecule has 2 fully saturated rings. The zero-order chi connectivity index (χ0) is 19.2. The van der Waals surface area contributed by atoms with Crippen molar-refractivity contribution in [1.82, 2.24) is 19.8 Å². The fourth-order valence-corrected chi connectivity index (χ4v) is 3.67. The van der Waals surface area contributed by atoms with Gasteiger partial charge in [0.2, 0.25) is 5.95 Å². The molecule has 1 N–H and O–H groups in total. The average molecular weight is 381 g/mol. The van der Waals surface area contributed by atoms with Crippen LogP contribution in [0.1, 0.15) is 28.8 Å². The Bertz CT molecular complexity index is 754. The summed E-state index contributed by atoms with van der Waals surface area (Å²) in [7, 11) is 0. The van der Waals surface area contributed by atoms with E-state index in [9.17, 15) is 4.79 Å². The van der Waals surface area contributed by atoms with Gasteiger partial charge in [-0.05, 0) is 18.4 Å². The summed E-state index contributed by atoms with van der Waals surface area (Å²) >= 11 is 0. The van der Waals surface area contributed by atoms with Crippen molar-refractivity contribution in [2.45, 2.75) is 25.5 Å². The molecule has 1 atom stereocenters. The molecule has 7 nitrogen and oxygen atoms in total. The second kappa shape index (κ2) is 9.12. The molecule has 0 spiro atoms. The smallest absolute Gasteiger partial charge is 0.257 e. The zero-order valence-corrected chi connectivity index (χ0v) is 16.1. The quantitative estimate of drug-likeness (QED) is 0.826. The maximum absolute atomic E-state index is 12.7. The number of hydrogen-bond acceptors (Lipinski definition) is 6. The van der Waals surface area contributed by atoms with Crippen LogP contribution >= 0.6 is 0 Å². The van der Waals surface area contributed by atoms with E-state index in [4.69, 9.17) is 4.74 Å². The van der Waals surface area contributed by atoms with E-state index >= 15 is 0 Å². The van der Waals surface area contributed by atoms with Crippen molar-refractivity contribution < 1.29 is 9.53 Å². The molecule has 2 saturated heterocycles. The molecule has 0 radical (unpaired) electrons. The van der Waals surface area contributed by atoms with Crippen LogP contribution in [0.4, 0.5) is 5.95 Å². The van der Waals surface area contributed by atoms with E-state index in [2.05, 4.69) is 44.5 Å². The van der Waals surface area contributed by atoms with Crippen molar-refractivity contribution in [3.05, 3.63) is 53.9 Å². The number of hydrogen-bond donors (Lipinski definition) is 1. The molecule has 0 saturated carbocycles. The van der Waals surface area contributed by atoms with Gasteiger partial charge in [0.1, 0.15) is 0 Å². The van der Waals surface area contributed by atoms with Gasteiger partial charge in [0.05, 0.1) is 11.7 Å². The molecule has 4 rings (SSSR count). The van der Waals surface area contributed by atoms with E-state index in [1.54, 1.807) is 12.4 Å². The minimum absolute atomic E-state index is 0.00466. The maximum atomic E-state index is 12.7. The Morgan fingerprint density at radius 3 is 2.54 bits per heavy atom. The van der Waals surface area contributed by atoms with Crippen LogP contribution in [0.25, 0.3) is 0 Å². The lowest BCUT2D eigenvalue weighted by atomic mass is 10.2. The molecule has 3 heterocycles. The van der Waals surface area contributed by atoms with Crippen molar-refractivity contribution in [3.63, 3.8) is 0 Å². The SMILES string of the molecule is O=C(c1cnc(NCC2CCCO2)nc1)N1CCN(Cc2ccccc2)CC1. The van der Waals surface area contributed by atoms with Gasteiger partial charge in [0.25, 0.3) is 5.91 Å². The number of nitrogens with one attached hydrogen (secondary N) is 1. The molecule has 2 aliphatic heterocycles. The Kier molecular flexibility index (Phi) is 6.14. The minimum atomic E-state index is 0.00466. The molecule has 2 aliphatic rings. The average Bonchev–Trinajstić information content (AvgIpc) is 3.27. The van der Waals surface area contributed by atoms with E-state index in [0.717, 1.165) is 52.2 Å². The number of carbonyl (C=O) groups is 1. The van der Waals surface area contributed by atoms with Crippen LogP contribution in [-0.4, -0.2) is 71.1 Å². The second-order valence-electron chi connectivity index (χ2n) is 7.37. The first-order valence-electron chi connectivity index (χ1n) is 10.0. The highest BCUT2D eigenvalue weighted by Crippen LogP contribution is 2.13. The van der Waals surface area contributed by atoms with E-state index in [0.29, 0.717) is 18.1 Å². The van der Waals surface area contributed by atoms with Crippen LogP contribution in [0.3, 0.4) is 0 Å². The predicted molar refractivity (Wildman–Crippen MR) is 107 cm³/mol. The molecule has 28 heavy (non-hydrogen) atoms. The van der Waals surface area contributed by atoms with Crippen LogP contribution in [-0.2, 0) is 11.3 Å². The molecule has 148 valence electrons. The monoisotopic (exact) mass is 381 g/mol. The van der Waals surface area contributed by atoms with Crippen molar-refractivity contribution in [2.24, 2.45) is 0 Å². The standard InChI is InChI=1S/C21H27N5O2/c27-20(18-13-22-21(23-14-18)24-15-19-7-4-12-28-19)26-10-8-25(9-11-26)16-17-5-2-1-3-6-17/h1-3,5-6,13-14,19H,4,7-12,15-16H2,(H,22,23,24). The van der Waals surface area contributed by atoms with Gasteiger partial charge >= 0.3 is 0 Å². The number of anilines is 1. The molecule has 1 aromatic heterocycles. The van der Waals surface area contributed by atoms with Gasteiger partial charge in [0.15, 0.2) is 0 Å². The van der Waals surface area contributed by atoms with Crippen LogP contribution in [0.2, 0.25) is 0 Å². The summed E-state index contributed by atoms with van der Waals surface area (Å²) in [6.07, 6.45) is 5.64. The summed E-state index contributed by atoms with van der Waals surface area (Å²) in [5.41, 5.74) is 1.85. The summed E-state index contributed by atoms with van der Waals surface area (Å²) in [5, 5.41) is 3.18. The Labute approximate surface area is 165 Å². The number of ether oxygens (including phenoxy) is 1. The summed E-state index contributed by atoms with van der Waals surface area (Å²) in [5.74, 6) is 0.546. The highest BCUT2D eigenvalue weighted by Gasteiger charge is 2.23. The maximum Gasteiger partial charge on any atom is 0.257 e. The lowest BCUT2D eigenvalue weighted by molar-refractivity contribution is 0.0627. The zero-order valence-electron chi connectivity index (χ0n) is 16.1. The number of amides is 1. The summed E-state index contributed by atoms with van der Waals surface area (Å²) in [4.78, 5) is 25.6. The van der Waals surface area contributed by atoms with E-state index < -0.39 is 0 Å². The van der Waals surface area contributed by atoms with Gasteiger partial charge in [-0.1, -0.05) is 30.3 Å². The van der Waals surface area contributed by atoms with Crippen LogP contribution in [0, 0.1) is 0 Å². The second-order valence-corrected chi connectivity index (χ2v) is 7.37. The van der Waals surface area contributed by atoms with Crippen molar-refractivity contribution in [3.8, 4) is 0 Å². The number of rotatable bonds is 6. The fraction of sp³-hybridized carbons (Fsp3) is 0.476. The number of nitrogens with zero attached hydrogens (tertiary/aromatic N) is 4. The van der Waals surface area contributed by atoms with Crippen molar-refractivity contribution >= 4 is 11.9 Å². The molecule has 0 aliphatic carbocycles. The fourth-order valence-electron chi connectivity index (χ4n) is 3.67. The third-order valence-corrected chi connectivity index (χ3v) is 5.32. The van der Waals surface area contributed by atoms with Crippen LogP contribution < -0.4 is 5.32 Å². The third-order valence-electron chi connectivity index (χ3n) is 5.32. The normalized spacial score (nSPS) is 20.3. The molecular formula is C21H27N5O2. The Hall–Kier alpha value is -2.51. The minimum Gasteiger partial charge on any atom is -0.376 e. The number of piperazine rings is 1. The van der Waals surface area contributed by atoms with E-state index in [-0.39, 0.29) is 12.0 Å². The summed E-state index contributed by atoms with van der Waals surface area (Å²) < 4.78 is 5.58. The summed E-state index contributed by atoms with van der Waals surface area (Å²) in [6.45, 7) is 5.67. The van der Waals surface area contributed by atoms with Gasteiger partial charge in [0, 0.05) is 58.3 Å². The Morgan fingerprint density at radius 1 is 1.11 bits per heavy atom. The predicted octanol–water partition coefficient (Wildman–Crippen LogP) is 2.03.